The van der Waals surface area contributed by atoms with Gasteiger partial charge < -0.3 is 0 Å². The van der Waals surface area contributed by atoms with Crippen LogP contribution < -0.4 is 0 Å². The molecule has 1 aromatic rings. The van der Waals surface area contributed by atoms with E-state index in [4.69, 9.17) is 0 Å². The summed E-state index contributed by atoms with van der Waals surface area (Å²) in [6.45, 7) is 6.85. The van der Waals surface area contributed by atoms with Crippen molar-refractivity contribution >= 4 is 10.0 Å². The molecule has 0 aromatic heterocycles. The van der Waals surface area contributed by atoms with Gasteiger partial charge in [-0.25, -0.2) is 10.0 Å². The summed E-state index contributed by atoms with van der Waals surface area (Å²) in [6, 6.07) is 9.46. The first kappa shape index (κ1) is 12.0. The minimum atomic E-state index is -0.445. The van der Waals surface area contributed by atoms with Crippen LogP contribution >= 0.6 is 10.0 Å². The summed E-state index contributed by atoms with van der Waals surface area (Å²) in [5.74, 6) is 2.89. The second kappa shape index (κ2) is 4.10. The predicted octanol–water partition coefficient (Wildman–Crippen LogP) is 4.57. The molecule has 0 unspecified atom stereocenters. The fraction of sp³-hybridized carbons (Fsp3) is 0.600. The topological polar surface area (TPSA) is 0 Å². The molecular formula is C15H24S. The molecule has 0 nitrogen and oxygen atoms in total. The summed E-state index contributed by atoms with van der Waals surface area (Å²) in [4.78, 5) is 1.62. The van der Waals surface area contributed by atoms with Crippen molar-refractivity contribution in [3.05, 3.63) is 29.8 Å². The van der Waals surface area contributed by atoms with Crippen molar-refractivity contribution in [2.45, 2.75) is 43.9 Å². The molecule has 1 heterocycles. The highest BCUT2D eigenvalue weighted by atomic mass is 32.3. The summed E-state index contributed by atoms with van der Waals surface area (Å²) in [6.07, 6.45) is 5.38. The van der Waals surface area contributed by atoms with Gasteiger partial charge in [-0.1, -0.05) is 32.9 Å². The minimum absolute atomic E-state index is 0.282. The van der Waals surface area contributed by atoms with E-state index in [2.05, 4.69) is 51.3 Å². The van der Waals surface area contributed by atoms with Crippen LogP contribution in [0.25, 0.3) is 0 Å². The van der Waals surface area contributed by atoms with Gasteiger partial charge in [-0.3, -0.25) is 0 Å². The fourth-order valence-electron chi connectivity index (χ4n) is 2.46. The lowest BCUT2D eigenvalue weighted by Gasteiger charge is -2.31. The van der Waals surface area contributed by atoms with Crippen molar-refractivity contribution in [3.63, 3.8) is 0 Å². The third kappa shape index (κ3) is 2.29. The van der Waals surface area contributed by atoms with E-state index in [1.807, 2.05) is 0 Å². The molecule has 90 valence electrons. The number of hydrogen-bond acceptors (Lipinski definition) is 0. The molecule has 1 fully saturated rings. The highest BCUT2D eigenvalue weighted by Crippen LogP contribution is 2.57. The number of hydrogen-bond donors (Lipinski definition) is 0. The van der Waals surface area contributed by atoms with E-state index < -0.39 is 10.0 Å². The quantitative estimate of drug-likeness (QED) is 0.670. The summed E-state index contributed by atoms with van der Waals surface area (Å²) >= 11 is 0. The van der Waals surface area contributed by atoms with E-state index in [9.17, 15) is 0 Å². The smallest absolute Gasteiger partial charge is 0.0101 e. The number of benzene rings is 1. The van der Waals surface area contributed by atoms with Gasteiger partial charge in [0.15, 0.2) is 0 Å². The molecule has 16 heavy (non-hydrogen) atoms. The molecule has 0 radical (unpaired) electrons. The maximum absolute atomic E-state index is 2.51. The van der Waals surface area contributed by atoms with Gasteiger partial charge in [0, 0.05) is 0 Å². The zero-order chi connectivity index (χ0) is 11.8. The molecule has 1 saturated heterocycles. The van der Waals surface area contributed by atoms with Crippen molar-refractivity contribution in [2.24, 2.45) is 0 Å². The van der Waals surface area contributed by atoms with Crippen molar-refractivity contribution in [1.29, 1.82) is 0 Å². The van der Waals surface area contributed by atoms with Gasteiger partial charge in [0.25, 0.3) is 0 Å². The van der Waals surface area contributed by atoms with E-state index in [1.165, 1.54) is 29.9 Å². The monoisotopic (exact) mass is 236 g/mol. The van der Waals surface area contributed by atoms with Crippen molar-refractivity contribution in [3.8, 4) is 0 Å². The molecule has 0 N–H and O–H groups in total. The van der Waals surface area contributed by atoms with Gasteiger partial charge in [0.05, 0.1) is 0 Å². The molecule has 1 aromatic carbocycles. The molecule has 1 aliphatic heterocycles. The van der Waals surface area contributed by atoms with Gasteiger partial charge in [-0.15, -0.1) is 0 Å². The van der Waals surface area contributed by atoms with E-state index in [0.717, 1.165) is 0 Å². The lowest BCUT2D eigenvalue weighted by Crippen LogP contribution is -2.11. The van der Waals surface area contributed by atoms with Crippen LogP contribution in [0.15, 0.2) is 29.2 Å². The molecule has 0 spiro atoms. The third-order valence-electron chi connectivity index (χ3n) is 3.73. The summed E-state index contributed by atoms with van der Waals surface area (Å²) in [5.41, 5.74) is 1.74. The van der Waals surface area contributed by atoms with Crippen LogP contribution in [0.1, 0.15) is 39.2 Å². The van der Waals surface area contributed by atoms with E-state index in [-0.39, 0.29) is 5.41 Å². The SMILES string of the molecule is CC(C)(C)c1ccc(S2(C)CCCC2)cc1. The Morgan fingerprint density at radius 3 is 1.88 bits per heavy atom. The molecular weight excluding hydrogens is 212 g/mol. The van der Waals surface area contributed by atoms with Crippen LogP contribution in [0.5, 0.6) is 0 Å². The predicted molar refractivity (Wildman–Crippen MR) is 75.9 cm³/mol. The Morgan fingerprint density at radius 2 is 1.44 bits per heavy atom. The minimum Gasteiger partial charge on any atom is -0.217 e. The van der Waals surface area contributed by atoms with Crippen LogP contribution in [0.3, 0.4) is 0 Å². The molecule has 0 saturated carbocycles. The van der Waals surface area contributed by atoms with E-state index in [1.54, 1.807) is 4.90 Å². The third-order valence-corrected chi connectivity index (χ3v) is 7.52. The first-order chi connectivity index (χ1) is 7.42. The maximum Gasteiger partial charge on any atom is -0.0101 e. The summed E-state index contributed by atoms with van der Waals surface area (Å²) < 4.78 is 0. The van der Waals surface area contributed by atoms with Gasteiger partial charge in [-0.2, -0.15) is 0 Å². The Labute approximate surface area is 102 Å². The lowest BCUT2D eigenvalue weighted by atomic mass is 9.87. The molecule has 1 heteroatoms. The first-order valence-electron chi connectivity index (χ1n) is 6.26. The largest absolute Gasteiger partial charge is 0.217 e. The molecule has 0 bridgehead atoms. The van der Waals surface area contributed by atoms with Gasteiger partial charge in [0.1, 0.15) is 0 Å². The van der Waals surface area contributed by atoms with Crippen molar-refractivity contribution in [2.75, 3.05) is 17.8 Å². The highest BCUT2D eigenvalue weighted by Gasteiger charge is 2.25. The Balaban J connectivity index is 2.26. The summed E-state index contributed by atoms with van der Waals surface area (Å²) in [5, 5.41) is 0. The van der Waals surface area contributed by atoms with Gasteiger partial charge >= 0.3 is 0 Å². The van der Waals surface area contributed by atoms with Crippen molar-refractivity contribution < 1.29 is 0 Å². The second-order valence-corrected chi connectivity index (χ2v) is 10.0. The van der Waals surface area contributed by atoms with Crippen LogP contribution in [-0.2, 0) is 5.41 Å². The van der Waals surface area contributed by atoms with Crippen LogP contribution in [-0.4, -0.2) is 17.8 Å². The van der Waals surface area contributed by atoms with E-state index in [0.29, 0.717) is 0 Å². The number of rotatable bonds is 1. The molecule has 0 atom stereocenters. The van der Waals surface area contributed by atoms with Crippen LogP contribution in [0.2, 0.25) is 0 Å². The van der Waals surface area contributed by atoms with E-state index >= 15 is 0 Å². The van der Waals surface area contributed by atoms with Gasteiger partial charge in [-0.05, 0) is 58.6 Å². The average Bonchev–Trinajstić information content (AvgIpc) is 2.66. The molecule has 2 rings (SSSR count). The second-order valence-electron chi connectivity index (χ2n) is 6.16. The highest BCUT2D eigenvalue weighted by molar-refractivity contribution is 8.33. The zero-order valence-corrected chi connectivity index (χ0v) is 11.9. The Kier molecular flexibility index (Phi) is 3.09. The Bertz CT molecular complexity index is 350. The van der Waals surface area contributed by atoms with Crippen molar-refractivity contribution in [1.82, 2.24) is 0 Å². The molecule has 0 aliphatic carbocycles. The lowest BCUT2D eigenvalue weighted by molar-refractivity contribution is 0.589. The Hall–Kier alpha value is -0.430. The summed E-state index contributed by atoms with van der Waals surface area (Å²) in [7, 11) is -0.445. The normalized spacial score (nSPS) is 22.0. The maximum atomic E-state index is 2.51. The van der Waals surface area contributed by atoms with Crippen LogP contribution in [0.4, 0.5) is 0 Å². The fourth-order valence-corrected chi connectivity index (χ4v) is 5.61. The first-order valence-corrected chi connectivity index (χ1v) is 8.64. The molecule has 1 aliphatic rings. The van der Waals surface area contributed by atoms with Crippen LogP contribution in [0, 0.1) is 0 Å². The molecule has 0 amide bonds. The Morgan fingerprint density at radius 1 is 0.938 bits per heavy atom. The standard InChI is InChI=1S/C15H24S/c1-15(2,3)13-7-9-14(10-8-13)16(4)11-5-6-12-16/h7-10H,5-6,11-12H2,1-4H3. The van der Waals surface area contributed by atoms with Gasteiger partial charge in [0.2, 0.25) is 0 Å². The average molecular weight is 236 g/mol. The zero-order valence-electron chi connectivity index (χ0n) is 11.0.